The molecule has 0 spiro atoms. The average Bonchev–Trinajstić information content (AvgIpc) is 3.23. The Bertz CT molecular complexity index is 1120. The molecule has 2 aliphatic rings. The van der Waals surface area contributed by atoms with Crippen molar-refractivity contribution in [3.8, 4) is 0 Å². The third-order valence-corrected chi connectivity index (χ3v) is 7.59. The van der Waals surface area contributed by atoms with Gasteiger partial charge in [0.1, 0.15) is 23.4 Å². The van der Waals surface area contributed by atoms with Crippen molar-refractivity contribution < 1.29 is 29.0 Å². The Hall–Kier alpha value is -3.32. The number of benzene rings is 1. The molecule has 2 aromatic rings. The number of nitrogens with one attached hydrogen (secondary N) is 1. The molecular formula is C20H19N5O6S2. The van der Waals surface area contributed by atoms with E-state index >= 15 is 0 Å². The quantitative estimate of drug-likeness (QED) is 0.291. The van der Waals surface area contributed by atoms with Crippen LogP contribution in [-0.4, -0.2) is 71.9 Å². The molecule has 2 amide bonds. The summed E-state index contributed by atoms with van der Waals surface area (Å²) in [5, 5.41) is 20.2. The van der Waals surface area contributed by atoms with Crippen LogP contribution in [-0.2, 0) is 31.0 Å². The van der Waals surface area contributed by atoms with Gasteiger partial charge in [-0.3, -0.25) is 19.3 Å². The molecule has 33 heavy (non-hydrogen) atoms. The summed E-state index contributed by atoms with van der Waals surface area (Å²) in [4.78, 5) is 49.7. The topological polar surface area (TPSA) is 144 Å². The predicted molar refractivity (Wildman–Crippen MR) is 118 cm³/mol. The number of carboxylic acid groups (broad SMARTS) is 1. The first-order chi connectivity index (χ1) is 15.9. The van der Waals surface area contributed by atoms with Gasteiger partial charge in [0.05, 0.1) is 0 Å². The fraction of sp³-hybridized carbons (Fsp3) is 0.300. The first-order valence-corrected chi connectivity index (χ1v) is 11.8. The van der Waals surface area contributed by atoms with Gasteiger partial charge in [0.15, 0.2) is 5.16 Å². The van der Waals surface area contributed by atoms with Crippen LogP contribution in [0.25, 0.3) is 0 Å². The molecule has 1 aromatic heterocycles. The zero-order valence-electron chi connectivity index (χ0n) is 17.3. The molecule has 0 aliphatic carbocycles. The number of ether oxygens (including phenoxy) is 1. The van der Waals surface area contributed by atoms with Crippen LogP contribution in [0.5, 0.6) is 0 Å². The minimum absolute atomic E-state index is 0.0762. The van der Waals surface area contributed by atoms with Gasteiger partial charge < -0.3 is 19.7 Å². The summed E-state index contributed by atoms with van der Waals surface area (Å²) in [5.41, 5.74) is 0.963. The second kappa shape index (κ2) is 9.67. The Balaban J connectivity index is 1.48. The zero-order valence-corrected chi connectivity index (χ0v) is 18.9. The molecule has 2 aliphatic heterocycles. The Kier molecular flexibility index (Phi) is 6.70. The highest BCUT2D eigenvalue weighted by Crippen LogP contribution is 2.41. The van der Waals surface area contributed by atoms with Crippen molar-refractivity contribution in [3.05, 3.63) is 53.5 Å². The van der Waals surface area contributed by atoms with E-state index in [0.29, 0.717) is 27.8 Å². The number of carbonyl (C=O) groups is 4. The normalized spacial score (nSPS) is 20.5. The lowest BCUT2D eigenvalue weighted by molar-refractivity contribution is -0.154. The third-order valence-electron chi connectivity index (χ3n) is 5.13. The van der Waals surface area contributed by atoms with Crippen molar-refractivity contribution in [2.75, 3.05) is 11.5 Å². The summed E-state index contributed by atoms with van der Waals surface area (Å²) in [7, 11) is 1.78. The molecule has 0 radical (unpaired) electrons. The summed E-state index contributed by atoms with van der Waals surface area (Å²) < 4.78 is 6.66. The monoisotopic (exact) mass is 489 g/mol. The van der Waals surface area contributed by atoms with Crippen LogP contribution >= 0.6 is 23.5 Å². The molecule has 1 fully saturated rings. The molecule has 0 bridgehead atoms. The lowest BCUT2D eigenvalue weighted by atomic mass is 10.0. The zero-order chi connectivity index (χ0) is 23.5. The molecule has 172 valence electrons. The number of β-lactam (4-membered cyclic amide) rings is 1. The number of thioether (sulfide) groups is 2. The maximum Gasteiger partial charge on any atom is 0.352 e. The molecule has 1 aromatic carbocycles. The summed E-state index contributed by atoms with van der Waals surface area (Å²) in [6.45, 7) is 0.174. The molecule has 0 saturated carbocycles. The van der Waals surface area contributed by atoms with Gasteiger partial charge in [0.25, 0.3) is 18.3 Å². The highest BCUT2D eigenvalue weighted by Gasteiger charge is 2.54. The molecule has 3 heterocycles. The number of aliphatic carboxylic acids is 1. The van der Waals surface area contributed by atoms with Crippen LogP contribution in [0.4, 0.5) is 0 Å². The van der Waals surface area contributed by atoms with Gasteiger partial charge in [0.2, 0.25) is 6.10 Å². The standard InChI is InChI=1S/C20H19N5O6S2/c1-24-9-21-23-20(24)33-8-12-7-32-18-13(17(28)25(18)14(12)19(29)30)22-16(27)15(31-10-26)11-5-3-2-4-6-11/h2-6,9-10,13,15,18H,7-8H2,1H3,(H,22,27)(H,29,30). The second-order valence-corrected chi connectivity index (χ2v) is 9.24. The van der Waals surface area contributed by atoms with Crippen molar-refractivity contribution in [2.24, 2.45) is 7.05 Å². The second-order valence-electron chi connectivity index (χ2n) is 7.19. The lowest BCUT2D eigenvalue weighted by Crippen LogP contribution is -2.71. The highest BCUT2D eigenvalue weighted by atomic mass is 32.2. The number of amides is 2. The van der Waals surface area contributed by atoms with Crippen molar-refractivity contribution in [3.63, 3.8) is 0 Å². The number of nitrogens with zero attached hydrogens (tertiary/aromatic N) is 4. The van der Waals surface area contributed by atoms with E-state index in [2.05, 4.69) is 15.5 Å². The van der Waals surface area contributed by atoms with Crippen LogP contribution in [0.3, 0.4) is 0 Å². The number of aryl methyl sites for hydroxylation is 1. The number of rotatable bonds is 9. The number of hydrogen-bond acceptors (Lipinski definition) is 9. The lowest BCUT2D eigenvalue weighted by Gasteiger charge is -2.49. The molecule has 2 N–H and O–H groups in total. The Labute approximate surface area is 196 Å². The van der Waals surface area contributed by atoms with Crippen molar-refractivity contribution >= 4 is 47.8 Å². The van der Waals surface area contributed by atoms with Gasteiger partial charge in [-0.1, -0.05) is 42.1 Å². The fourth-order valence-corrected chi connectivity index (χ4v) is 5.93. The molecule has 4 rings (SSSR count). The SMILES string of the molecule is Cn1cnnc1SCC1=C(C(=O)O)N2C(=O)C(NC(=O)C(OC=O)c3ccccc3)C2SC1. The summed E-state index contributed by atoms with van der Waals surface area (Å²) in [6.07, 6.45) is 0.330. The van der Waals surface area contributed by atoms with E-state index in [1.54, 1.807) is 48.3 Å². The van der Waals surface area contributed by atoms with Crippen LogP contribution in [0.1, 0.15) is 11.7 Å². The average molecular weight is 490 g/mol. The van der Waals surface area contributed by atoms with Crippen LogP contribution in [0, 0.1) is 0 Å². The van der Waals surface area contributed by atoms with Gasteiger partial charge in [-0.25, -0.2) is 4.79 Å². The van der Waals surface area contributed by atoms with Gasteiger partial charge in [-0.05, 0) is 5.57 Å². The number of hydrogen-bond donors (Lipinski definition) is 2. The molecular weight excluding hydrogens is 470 g/mol. The van der Waals surface area contributed by atoms with E-state index < -0.39 is 35.3 Å². The van der Waals surface area contributed by atoms with E-state index in [0.717, 1.165) is 0 Å². The van der Waals surface area contributed by atoms with Crippen molar-refractivity contribution in [2.45, 2.75) is 22.7 Å². The van der Waals surface area contributed by atoms with E-state index in [9.17, 15) is 24.3 Å². The molecule has 3 atom stereocenters. The van der Waals surface area contributed by atoms with Crippen LogP contribution in [0.15, 0.2) is 53.1 Å². The van der Waals surface area contributed by atoms with Crippen LogP contribution < -0.4 is 5.32 Å². The Morgan fingerprint density at radius 2 is 2.15 bits per heavy atom. The van der Waals surface area contributed by atoms with Gasteiger partial charge in [-0.15, -0.1) is 22.0 Å². The van der Waals surface area contributed by atoms with Gasteiger partial charge >= 0.3 is 5.97 Å². The minimum atomic E-state index is -1.22. The van der Waals surface area contributed by atoms with Crippen LogP contribution in [0.2, 0.25) is 0 Å². The Morgan fingerprint density at radius 1 is 1.39 bits per heavy atom. The maximum absolute atomic E-state index is 12.9. The smallest absolute Gasteiger partial charge is 0.352 e. The van der Waals surface area contributed by atoms with Crippen molar-refractivity contribution in [1.29, 1.82) is 0 Å². The van der Waals surface area contributed by atoms with E-state index in [1.165, 1.54) is 28.4 Å². The maximum atomic E-state index is 12.9. The largest absolute Gasteiger partial charge is 0.477 e. The number of aromatic nitrogens is 3. The molecule has 13 heteroatoms. The summed E-state index contributed by atoms with van der Waals surface area (Å²) >= 11 is 2.69. The fourth-order valence-electron chi connectivity index (χ4n) is 3.55. The Morgan fingerprint density at radius 3 is 2.79 bits per heavy atom. The van der Waals surface area contributed by atoms with E-state index in [1.807, 2.05) is 0 Å². The number of carboxylic acids is 1. The summed E-state index contributed by atoms with van der Waals surface area (Å²) in [6, 6.07) is 7.48. The first kappa shape index (κ1) is 22.9. The van der Waals surface area contributed by atoms with Crippen molar-refractivity contribution in [1.82, 2.24) is 25.0 Å². The van der Waals surface area contributed by atoms with E-state index in [4.69, 9.17) is 4.74 Å². The predicted octanol–water partition coefficient (Wildman–Crippen LogP) is 0.560. The molecule has 11 nitrogen and oxygen atoms in total. The number of carbonyl (C=O) groups excluding carboxylic acids is 3. The molecule has 3 unspecified atom stereocenters. The van der Waals surface area contributed by atoms with Gasteiger partial charge in [-0.2, -0.15) is 0 Å². The first-order valence-electron chi connectivity index (χ1n) is 9.73. The van der Waals surface area contributed by atoms with Gasteiger partial charge in [0, 0.05) is 24.1 Å². The number of fused-ring (bicyclic) bond motifs is 1. The molecule has 1 saturated heterocycles. The third kappa shape index (κ3) is 4.46. The van der Waals surface area contributed by atoms with E-state index in [-0.39, 0.29) is 12.2 Å². The highest BCUT2D eigenvalue weighted by molar-refractivity contribution is 8.01. The summed E-state index contributed by atoms with van der Waals surface area (Å²) in [5.74, 6) is -1.69. The minimum Gasteiger partial charge on any atom is -0.477 e.